The first-order chi connectivity index (χ1) is 12.4. The fourth-order valence-corrected chi connectivity index (χ4v) is 2.25. The quantitative estimate of drug-likeness (QED) is 0.710. The number of nitriles is 1. The van der Waals surface area contributed by atoms with E-state index in [0.717, 1.165) is 18.2 Å². The first-order valence-corrected chi connectivity index (χ1v) is 7.28. The summed E-state index contributed by atoms with van der Waals surface area (Å²) >= 11 is 0. The summed E-state index contributed by atoms with van der Waals surface area (Å²) in [7, 11) is 0. The van der Waals surface area contributed by atoms with Gasteiger partial charge in [-0.25, -0.2) is 9.49 Å². The summed E-state index contributed by atoms with van der Waals surface area (Å²) in [6.07, 6.45) is -4.41. The van der Waals surface area contributed by atoms with Crippen molar-refractivity contribution in [3.63, 3.8) is 0 Å². The summed E-state index contributed by atoms with van der Waals surface area (Å²) in [6, 6.07) is 10.1. The predicted molar refractivity (Wildman–Crippen MR) is 82.3 cm³/mol. The maximum Gasteiger partial charge on any atom is 0.416 e. The highest BCUT2D eigenvalue weighted by atomic mass is 19.4. The number of halogens is 4. The Kier molecular flexibility index (Phi) is 4.58. The van der Waals surface area contributed by atoms with Crippen LogP contribution in [0.5, 0.6) is 5.75 Å². The van der Waals surface area contributed by atoms with Crippen LogP contribution in [0.25, 0.3) is 11.3 Å². The third-order valence-corrected chi connectivity index (χ3v) is 3.49. The van der Waals surface area contributed by atoms with Gasteiger partial charge in [0.2, 0.25) is 0 Å². The molecule has 5 nitrogen and oxygen atoms in total. The van der Waals surface area contributed by atoms with Crippen LogP contribution in [0.4, 0.5) is 17.6 Å². The highest BCUT2D eigenvalue weighted by molar-refractivity contribution is 5.65. The normalized spacial score (nSPS) is 11.2. The van der Waals surface area contributed by atoms with Gasteiger partial charge < -0.3 is 4.74 Å². The van der Waals surface area contributed by atoms with Gasteiger partial charge in [-0.05, 0) is 29.8 Å². The van der Waals surface area contributed by atoms with Crippen molar-refractivity contribution in [2.75, 3.05) is 0 Å². The molecule has 0 atom stereocenters. The number of nitrogens with zero attached hydrogens (tertiary/aromatic N) is 3. The Morgan fingerprint density at radius 1 is 1.12 bits per heavy atom. The van der Waals surface area contributed by atoms with Crippen molar-refractivity contribution in [2.45, 2.75) is 12.8 Å². The lowest BCUT2D eigenvalue weighted by atomic mass is 10.1. The Morgan fingerprint density at radius 2 is 1.85 bits per heavy atom. The number of alkyl halides is 3. The predicted octanol–water partition coefficient (Wildman–Crippen LogP) is 4.08. The monoisotopic (exact) mass is 362 g/mol. The lowest BCUT2D eigenvalue weighted by Crippen LogP contribution is -2.05. The van der Waals surface area contributed by atoms with Crippen LogP contribution in [0.2, 0.25) is 0 Å². The van der Waals surface area contributed by atoms with E-state index in [2.05, 4.69) is 15.4 Å². The lowest BCUT2D eigenvalue weighted by Gasteiger charge is -2.10. The van der Waals surface area contributed by atoms with Gasteiger partial charge in [0.25, 0.3) is 0 Å². The summed E-state index contributed by atoms with van der Waals surface area (Å²) < 4.78 is 56.9. The molecular weight excluding hydrogens is 352 g/mol. The average Bonchev–Trinajstić information content (AvgIpc) is 3.08. The van der Waals surface area contributed by atoms with Gasteiger partial charge in [-0.2, -0.15) is 18.4 Å². The first-order valence-electron chi connectivity index (χ1n) is 7.28. The van der Waals surface area contributed by atoms with Crippen LogP contribution in [-0.4, -0.2) is 15.4 Å². The number of ether oxygens (including phenoxy) is 1. The molecule has 0 saturated carbocycles. The minimum absolute atomic E-state index is 0.0506. The molecule has 0 spiro atoms. The molecule has 26 heavy (non-hydrogen) atoms. The SMILES string of the molecule is N#Cc1[nH]nnc1-c1cc(F)cc(OCc2ccc(C(F)(F)F)cc2)c1. The smallest absolute Gasteiger partial charge is 0.416 e. The number of aromatic amines is 1. The first kappa shape index (κ1) is 17.4. The molecule has 0 fully saturated rings. The molecule has 2 aromatic carbocycles. The highest BCUT2D eigenvalue weighted by Gasteiger charge is 2.29. The van der Waals surface area contributed by atoms with Crippen LogP contribution in [0.3, 0.4) is 0 Å². The molecule has 0 saturated heterocycles. The second-order valence-electron chi connectivity index (χ2n) is 5.31. The zero-order valence-electron chi connectivity index (χ0n) is 13.0. The molecule has 1 N–H and O–H groups in total. The standard InChI is InChI=1S/C17H10F4N4O/c18-13-5-11(16-15(8-22)23-25-24-16)6-14(7-13)26-9-10-1-3-12(4-2-10)17(19,20)21/h1-7H,9H2,(H,23,24,25). The van der Waals surface area contributed by atoms with Gasteiger partial charge >= 0.3 is 6.18 Å². The van der Waals surface area contributed by atoms with Gasteiger partial charge in [0.05, 0.1) is 5.56 Å². The molecule has 0 aliphatic carbocycles. The number of hydrogen-bond acceptors (Lipinski definition) is 4. The Morgan fingerprint density at radius 3 is 2.50 bits per heavy atom. The number of hydrogen-bond donors (Lipinski definition) is 1. The number of nitrogens with one attached hydrogen (secondary N) is 1. The molecule has 0 unspecified atom stereocenters. The van der Waals surface area contributed by atoms with Crippen molar-refractivity contribution in [1.29, 1.82) is 5.26 Å². The molecule has 9 heteroatoms. The zero-order valence-corrected chi connectivity index (χ0v) is 13.0. The Balaban J connectivity index is 1.78. The maximum absolute atomic E-state index is 13.8. The maximum atomic E-state index is 13.8. The van der Waals surface area contributed by atoms with Crippen molar-refractivity contribution in [3.8, 4) is 23.1 Å². The van der Waals surface area contributed by atoms with E-state index >= 15 is 0 Å². The average molecular weight is 362 g/mol. The molecule has 3 rings (SSSR count). The zero-order chi connectivity index (χ0) is 18.7. The van der Waals surface area contributed by atoms with Gasteiger partial charge in [0.1, 0.15) is 29.9 Å². The van der Waals surface area contributed by atoms with E-state index in [1.165, 1.54) is 24.3 Å². The number of benzene rings is 2. The van der Waals surface area contributed by atoms with E-state index in [-0.39, 0.29) is 29.3 Å². The molecule has 0 aliphatic heterocycles. The third kappa shape index (κ3) is 3.80. The minimum atomic E-state index is -4.41. The Labute approximate surface area is 144 Å². The Bertz CT molecular complexity index is 958. The molecule has 132 valence electrons. The number of H-pyrrole nitrogens is 1. The fourth-order valence-electron chi connectivity index (χ4n) is 2.25. The molecule has 1 aromatic heterocycles. The molecule has 0 amide bonds. The van der Waals surface area contributed by atoms with E-state index in [1.807, 2.05) is 6.07 Å². The van der Waals surface area contributed by atoms with Crippen LogP contribution in [-0.2, 0) is 12.8 Å². The second kappa shape index (κ2) is 6.84. The number of rotatable bonds is 4. The van der Waals surface area contributed by atoms with Crippen LogP contribution in [0, 0.1) is 17.1 Å². The van der Waals surface area contributed by atoms with E-state index in [9.17, 15) is 17.6 Å². The van der Waals surface area contributed by atoms with Gasteiger partial charge in [-0.3, -0.25) is 0 Å². The van der Waals surface area contributed by atoms with Crippen molar-refractivity contribution in [2.24, 2.45) is 0 Å². The van der Waals surface area contributed by atoms with E-state index in [4.69, 9.17) is 10.00 Å². The van der Waals surface area contributed by atoms with E-state index in [1.54, 1.807) is 0 Å². The fraction of sp³-hybridized carbons (Fsp3) is 0.118. The van der Waals surface area contributed by atoms with Crippen LogP contribution in [0.15, 0.2) is 42.5 Å². The summed E-state index contributed by atoms with van der Waals surface area (Å²) in [4.78, 5) is 0. The summed E-state index contributed by atoms with van der Waals surface area (Å²) in [5.41, 5.74) is 0.265. The topological polar surface area (TPSA) is 74.6 Å². The molecule has 0 aliphatic rings. The lowest BCUT2D eigenvalue weighted by molar-refractivity contribution is -0.137. The van der Waals surface area contributed by atoms with Crippen LogP contribution < -0.4 is 4.74 Å². The molecule has 3 aromatic rings. The van der Waals surface area contributed by atoms with Gasteiger partial charge in [-0.1, -0.05) is 17.3 Å². The van der Waals surface area contributed by atoms with Gasteiger partial charge in [0.15, 0.2) is 5.69 Å². The van der Waals surface area contributed by atoms with Crippen molar-refractivity contribution in [3.05, 3.63) is 65.1 Å². The van der Waals surface area contributed by atoms with Gasteiger partial charge in [0, 0.05) is 11.6 Å². The van der Waals surface area contributed by atoms with Crippen LogP contribution >= 0.6 is 0 Å². The molecule has 0 bridgehead atoms. The summed E-state index contributed by atoms with van der Waals surface area (Å²) in [5, 5.41) is 18.6. The van der Waals surface area contributed by atoms with Crippen molar-refractivity contribution >= 4 is 0 Å². The van der Waals surface area contributed by atoms with E-state index in [0.29, 0.717) is 5.56 Å². The molecule has 0 radical (unpaired) electrons. The van der Waals surface area contributed by atoms with Gasteiger partial charge in [-0.15, -0.1) is 5.10 Å². The largest absolute Gasteiger partial charge is 0.489 e. The molecule has 1 heterocycles. The highest BCUT2D eigenvalue weighted by Crippen LogP contribution is 2.30. The van der Waals surface area contributed by atoms with Crippen molar-refractivity contribution in [1.82, 2.24) is 15.4 Å². The summed E-state index contributed by atoms with van der Waals surface area (Å²) in [5.74, 6) is -0.469. The Hall–Kier alpha value is -3.41. The van der Waals surface area contributed by atoms with E-state index < -0.39 is 17.6 Å². The third-order valence-electron chi connectivity index (χ3n) is 3.49. The summed E-state index contributed by atoms with van der Waals surface area (Å²) in [6.45, 7) is -0.0506. The number of aromatic nitrogens is 3. The molecular formula is C17H10F4N4O. The van der Waals surface area contributed by atoms with Crippen molar-refractivity contribution < 1.29 is 22.3 Å². The minimum Gasteiger partial charge on any atom is -0.489 e. The van der Waals surface area contributed by atoms with Crippen LogP contribution in [0.1, 0.15) is 16.8 Å². The second-order valence-corrected chi connectivity index (χ2v) is 5.31.